The summed E-state index contributed by atoms with van der Waals surface area (Å²) in [6.07, 6.45) is 0.998. The number of nitrogens with one attached hydrogen (secondary N) is 1. The molecular weight excluding hydrogens is 282 g/mol. The van der Waals surface area contributed by atoms with Crippen molar-refractivity contribution in [1.82, 2.24) is 9.97 Å². The molecule has 0 saturated carbocycles. The third-order valence-electron chi connectivity index (χ3n) is 3.35. The monoisotopic (exact) mass is 299 g/mol. The van der Waals surface area contributed by atoms with Crippen LogP contribution in [-0.4, -0.2) is 23.6 Å². The zero-order valence-corrected chi connectivity index (χ0v) is 12.6. The maximum atomic E-state index is 5.47. The van der Waals surface area contributed by atoms with Gasteiger partial charge in [0.05, 0.1) is 5.52 Å². The van der Waals surface area contributed by atoms with Crippen LogP contribution in [0, 0.1) is 0 Å². The van der Waals surface area contributed by atoms with Crippen LogP contribution in [0.3, 0.4) is 0 Å². The van der Waals surface area contributed by atoms with Crippen molar-refractivity contribution in [1.29, 1.82) is 0 Å². The second-order valence-electron chi connectivity index (χ2n) is 4.78. The molecule has 0 fully saturated rings. The SMILES string of the molecule is CN(CCc1cccs1)c1nc(NN)nc2ccccc12. The first-order valence-electron chi connectivity index (χ1n) is 6.75. The number of likely N-dealkylation sites (N-methyl/N-ethyl adjacent to an activating group) is 1. The predicted octanol–water partition coefficient (Wildman–Crippen LogP) is 2.66. The predicted molar refractivity (Wildman–Crippen MR) is 88.6 cm³/mol. The molecule has 2 aromatic heterocycles. The minimum absolute atomic E-state index is 0.437. The number of aromatic nitrogens is 2. The van der Waals surface area contributed by atoms with Gasteiger partial charge in [0.15, 0.2) is 0 Å². The molecule has 0 radical (unpaired) electrons. The highest BCUT2D eigenvalue weighted by Crippen LogP contribution is 2.24. The summed E-state index contributed by atoms with van der Waals surface area (Å²) in [6, 6.07) is 12.2. The van der Waals surface area contributed by atoms with Crippen LogP contribution in [0.15, 0.2) is 41.8 Å². The molecule has 0 aliphatic rings. The number of anilines is 2. The fourth-order valence-electron chi connectivity index (χ4n) is 2.25. The van der Waals surface area contributed by atoms with Gasteiger partial charge in [0.1, 0.15) is 5.82 Å². The van der Waals surface area contributed by atoms with Crippen molar-refractivity contribution in [2.45, 2.75) is 6.42 Å². The fraction of sp³-hybridized carbons (Fsp3) is 0.200. The molecule has 6 heteroatoms. The Morgan fingerprint density at radius 1 is 1.19 bits per heavy atom. The van der Waals surface area contributed by atoms with Crippen LogP contribution in [0.2, 0.25) is 0 Å². The number of hydrogen-bond donors (Lipinski definition) is 2. The normalized spacial score (nSPS) is 10.8. The Morgan fingerprint density at radius 3 is 2.81 bits per heavy atom. The van der Waals surface area contributed by atoms with Crippen LogP contribution < -0.4 is 16.2 Å². The largest absolute Gasteiger partial charge is 0.359 e. The first-order chi connectivity index (χ1) is 10.3. The highest BCUT2D eigenvalue weighted by molar-refractivity contribution is 7.09. The van der Waals surface area contributed by atoms with E-state index in [2.05, 4.69) is 37.8 Å². The van der Waals surface area contributed by atoms with Crippen molar-refractivity contribution in [2.24, 2.45) is 5.84 Å². The van der Waals surface area contributed by atoms with E-state index in [-0.39, 0.29) is 0 Å². The van der Waals surface area contributed by atoms with Gasteiger partial charge in [-0.05, 0) is 30.0 Å². The topological polar surface area (TPSA) is 67.1 Å². The molecule has 2 heterocycles. The van der Waals surface area contributed by atoms with Crippen molar-refractivity contribution in [2.75, 3.05) is 23.9 Å². The van der Waals surface area contributed by atoms with E-state index in [1.807, 2.05) is 31.3 Å². The van der Waals surface area contributed by atoms with E-state index in [0.29, 0.717) is 5.95 Å². The van der Waals surface area contributed by atoms with E-state index in [0.717, 1.165) is 29.7 Å². The summed E-state index contributed by atoms with van der Waals surface area (Å²) < 4.78 is 0. The molecule has 3 aromatic rings. The Kier molecular flexibility index (Phi) is 3.98. The van der Waals surface area contributed by atoms with Gasteiger partial charge in [-0.25, -0.2) is 10.8 Å². The molecule has 3 N–H and O–H groups in total. The standard InChI is InChI=1S/C15H17N5S/c1-20(9-8-11-5-4-10-21-11)14-12-6-2-3-7-13(12)17-15(18-14)19-16/h2-7,10H,8-9,16H2,1H3,(H,17,18,19). The van der Waals surface area contributed by atoms with Crippen LogP contribution in [-0.2, 0) is 6.42 Å². The van der Waals surface area contributed by atoms with E-state index in [1.165, 1.54) is 4.88 Å². The van der Waals surface area contributed by atoms with E-state index in [9.17, 15) is 0 Å². The van der Waals surface area contributed by atoms with Crippen molar-refractivity contribution in [3.05, 3.63) is 46.7 Å². The van der Waals surface area contributed by atoms with Gasteiger partial charge in [-0.2, -0.15) is 4.98 Å². The Morgan fingerprint density at radius 2 is 2.05 bits per heavy atom. The molecule has 0 saturated heterocycles. The summed E-state index contributed by atoms with van der Waals surface area (Å²) in [6.45, 7) is 0.894. The number of nitrogen functional groups attached to an aromatic ring is 1. The lowest BCUT2D eigenvalue weighted by molar-refractivity contribution is 0.871. The number of hydrazine groups is 1. The van der Waals surface area contributed by atoms with Crippen LogP contribution >= 0.6 is 11.3 Å². The highest BCUT2D eigenvalue weighted by Gasteiger charge is 2.11. The summed E-state index contributed by atoms with van der Waals surface area (Å²) >= 11 is 1.78. The molecular formula is C15H17N5S. The Bertz CT molecular complexity index is 726. The molecule has 21 heavy (non-hydrogen) atoms. The van der Waals surface area contributed by atoms with Gasteiger partial charge >= 0.3 is 0 Å². The zero-order chi connectivity index (χ0) is 14.7. The number of rotatable bonds is 5. The van der Waals surface area contributed by atoms with Gasteiger partial charge in [0.2, 0.25) is 5.95 Å². The van der Waals surface area contributed by atoms with Gasteiger partial charge in [-0.1, -0.05) is 18.2 Å². The molecule has 0 amide bonds. The maximum Gasteiger partial charge on any atom is 0.239 e. The molecule has 0 aliphatic heterocycles. The van der Waals surface area contributed by atoms with Gasteiger partial charge in [-0.15, -0.1) is 11.3 Å². The molecule has 0 bridgehead atoms. The fourth-order valence-corrected chi connectivity index (χ4v) is 2.95. The molecule has 0 aliphatic carbocycles. The third kappa shape index (κ3) is 2.96. The molecule has 1 aromatic carbocycles. The summed E-state index contributed by atoms with van der Waals surface area (Å²) in [5.74, 6) is 6.80. The van der Waals surface area contributed by atoms with Gasteiger partial charge in [0.25, 0.3) is 0 Å². The first-order valence-corrected chi connectivity index (χ1v) is 7.63. The second-order valence-corrected chi connectivity index (χ2v) is 5.82. The molecule has 5 nitrogen and oxygen atoms in total. The zero-order valence-electron chi connectivity index (χ0n) is 11.8. The van der Waals surface area contributed by atoms with Crippen LogP contribution in [0.5, 0.6) is 0 Å². The van der Waals surface area contributed by atoms with E-state index in [1.54, 1.807) is 11.3 Å². The molecule has 0 atom stereocenters. The van der Waals surface area contributed by atoms with Crippen molar-refractivity contribution in [3.63, 3.8) is 0 Å². The molecule has 0 spiro atoms. The number of fused-ring (bicyclic) bond motifs is 1. The number of para-hydroxylation sites is 1. The maximum absolute atomic E-state index is 5.47. The van der Waals surface area contributed by atoms with E-state index in [4.69, 9.17) is 5.84 Å². The Labute approximate surface area is 127 Å². The smallest absolute Gasteiger partial charge is 0.239 e. The van der Waals surface area contributed by atoms with Crippen LogP contribution in [0.25, 0.3) is 10.9 Å². The van der Waals surface area contributed by atoms with Crippen LogP contribution in [0.1, 0.15) is 4.88 Å². The lowest BCUT2D eigenvalue weighted by Gasteiger charge is -2.20. The first kappa shape index (κ1) is 13.8. The van der Waals surface area contributed by atoms with Gasteiger partial charge in [-0.3, -0.25) is 5.43 Å². The van der Waals surface area contributed by atoms with Crippen molar-refractivity contribution in [3.8, 4) is 0 Å². The average Bonchev–Trinajstić information content (AvgIpc) is 3.05. The van der Waals surface area contributed by atoms with Crippen molar-refractivity contribution >= 4 is 34.0 Å². The molecule has 108 valence electrons. The third-order valence-corrected chi connectivity index (χ3v) is 4.28. The van der Waals surface area contributed by atoms with Gasteiger partial charge < -0.3 is 4.90 Å². The summed E-state index contributed by atoms with van der Waals surface area (Å²) in [5.41, 5.74) is 3.42. The summed E-state index contributed by atoms with van der Waals surface area (Å²) in [7, 11) is 2.04. The Hall–Kier alpha value is -2.18. The highest BCUT2D eigenvalue weighted by atomic mass is 32.1. The Balaban J connectivity index is 1.90. The number of thiophene rings is 1. The summed E-state index contributed by atoms with van der Waals surface area (Å²) in [5, 5.41) is 3.14. The second kappa shape index (κ2) is 6.07. The molecule has 3 rings (SSSR count). The molecule has 0 unspecified atom stereocenters. The minimum atomic E-state index is 0.437. The lowest BCUT2D eigenvalue weighted by Crippen LogP contribution is -2.23. The number of benzene rings is 1. The van der Waals surface area contributed by atoms with Crippen LogP contribution in [0.4, 0.5) is 11.8 Å². The van der Waals surface area contributed by atoms with Gasteiger partial charge in [0, 0.05) is 23.9 Å². The van der Waals surface area contributed by atoms with E-state index < -0.39 is 0 Å². The number of nitrogens with zero attached hydrogens (tertiary/aromatic N) is 3. The average molecular weight is 299 g/mol. The summed E-state index contributed by atoms with van der Waals surface area (Å²) in [4.78, 5) is 12.4. The lowest BCUT2D eigenvalue weighted by atomic mass is 10.2. The van der Waals surface area contributed by atoms with E-state index >= 15 is 0 Å². The number of nitrogens with two attached hydrogens (primary N) is 1. The van der Waals surface area contributed by atoms with Crippen molar-refractivity contribution < 1.29 is 0 Å². The quantitative estimate of drug-likeness (QED) is 0.560. The minimum Gasteiger partial charge on any atom is -0.359 e. The number of hydrogen-bond acceptors (Lipinski definition) is 6.